The van der Waals surface area contributed by atoms with Gasteiger partial charge in [-0.25, -0.2) is 4.39 Å². The minimum Gasteiger partial charge on any atom is -0.466 e. The number of esters is 1. The fourth-order valence-corrected chi connectivity index (χ4v) is 4.22. The first-order valence-electron chi connectivity index (χ1n) is 11.7. The third-order valence-electron chi connectivity index (χ3n) is 6.14. The quantitative estimate of drug-likeness (QED) is 0.288. The van der Waals surface area contributed by atoms with Gasteiger partial charge in [-0.15, -0.1) is 5.10 Å². The van der Waals surface area contributed by atoms with E-state index in [4.69, 9.17) is 9.15 Å². The van der Waals surface area contributed by atoms with Crippen LogP contribution in [0, 0.1) is 11.7 Å². The average Bonchev–Trinajstić information content (AvgIpc) is 3.34. The van der Waals surface area contributed by atoms with E-state index in [1.54, 1.807) is 13.0 Å². The molecule has 3 aromatic rings. The lowest BCUT2D eigenvalue weighted by molar-refractivity contribution is -0.149. The number of aromatic nitrogens is 2. The summed E-state index contributed by atoms with van der Waals surface area (Å²) in [4.78, 5) is 24.4. The zero-order valence-electron chi connectivity index (χ0n) is 19.8. The van der Waals surface area contributed by atoms with Crippen molar-refractivity contribution in [2.24, 2.45) is 5.92 Å². The molecule has 1 fully saturated rings. The molecule has 2 aromatic carbocycles. The SMILES string of the molecule is CCOC(=O)[C@H]1CC[C@H](c2ccc(NC(=O)c3nnc(Nc4ccc(C(F)(F)F)cc4)o3)c(F)c2)CC1. The van der Waals surface area contributed by atoms with Crippen LogP contribution in [0.15, 0.2) is 46.9 Å². The number of benzene rings is 2. The number of carbonyl (C=O) groups is 2. The Balaban J connectivity index is 1.34. The standard InChI is InChI=1S/C25H24F4N4O4/c1-2-36-23(35)15-5-3-14(4-6-15)16-7-12-20(19(26)13-16)31-21(34)22-32-33-24(37-22)30-18-10-8-17(9-11-18)25(27,28)29/h7-15H,2-6H2,1H3,(H,30,33)(H,31,34)/t14-,15-. The van der Waals surface area contributed by atoms with Gasteiger partial charge in [0.25, 0.3) is 0 Å². The van der Waals surface area contributed by atoms with E-state index in [9.17, 15) is 27.2 Å². The minimum atomic E-state index is -4.47. The first-order valence-corrected chi connectivity index (χ1v) is 11.7. The molecule has 1 amide bonds. The average molecular weight is 520 g/mol. The monoisotopic (exact) mass is 520 g/mol. The maximum atomic E-state index is 14.7. The van der Waals surface area contributed by atoms with E-state index >= 15 is 0 Å². The smallest absolute Gasteiger partial charge is 0.416 e. The van der Waals surface area contributed by atoms with Crippen molar-refractivity contribution in [2.45, 2.75) is 44.7 Å². The topological polar surface area (TPSA) is 106 Å². The molecule has 1 aromatic heterocycles. The summed E-state index contributed by atoms with van der Waals surface area (Å²) < 4.78 is 63.1. The van der Waals surface area contributed by atoms with Gasteiger partial charge in [-0.05, 0) is 80.5 Å². The molecule has 8 nitrogen and oxygen atoms in total. The number of nitrogens with zero attached hydrogens (tertiary/aromatic N) is 2. The number of hydrogen-bond donors (Lipinski definition) is 2. The number of carbonyl (C=O) groups excluding carboxylic acids is 2. The molecule has 0 atom stereocenters. The normalized spacial score (nSPS) is 17.8. The van der Waals surface area contributed by atoms with Gasteiger partial charge in [0.05, 0.1) is 23.8 Å². The zero-order valence-corrected chi connectivity index (χ0v) is 19.8. The van der Waals surface area contributed by atoms with Crippen molar-refractivity contribution in [3.05, 3.63) is 65.3 Å². The van der Waals surface area contributed by atoms with Crippen LogP contribution < -0.4 is 10.6 Å². The van der Waals surface area contributed by atoms with Gasteiger partial charge in [-0.1, -0.05) is 11.2 Å². The minimum absolute atomic E-state index is 0.0793. The number of anilines is 3. The Morgan fingerprint density at radius 1 is 1.05 bits per heavy atom. The van der Waals surface area contributed by atoms with Gasteiger partial charge in [0.1, 0.15) is 5.82 Å². The highest BCUT2D eigenvalue weighted by Gasteiger charge is 2.30. The van der Waals surface area contributed by atoms with E-state index in [0.29, 0.717) is 19.4 Å². The second-order valence-electron chi connectivity index (χ2n) is 8.61. The highest BCUT2D eigenvalue weighted by molar-refractivity contribution is 6.01. The van der Waals surface area contributed by atoms with Crippen molar-refractivity contribution in [3.8, 4) is 0 Å². The Labute approximate surface area is 209 Å². The number of hydrogen-bond acceptors (Lipinski definition) is 7. The molecular formula is C25H24F4N4O4. The number of alkyl halides is 3. The summed E-state index contributed by atoms with van der Waals surface area (Å²) in [5.41, 5.74) is 0.116. The Morgan fingerprint density at radius 2 is 1.76 bits per heavy atom. The number of amides is 1. The molecular weight excluding hydrogens is 496 g/mol. The molecule has 0 unspecified atom stereocenters. The highest BCUT2D eigenvalue weighted by atomic mass is 19.4. The van der Waals surface area contributed by atoms with Gasteiger partial charge < -0.3 is 19.8 Å². The van der Waals surface area contributed by atoms with E-state index < -0.39 is 29.4 Å². The number of rotatable bonds is 7. The largest absolute Gasteiger partial charge is 0.466 e. The van der Waals surface area contributed by atoms with Crippen LogP contribution in [0.4, 0.5) is 35.0 Å². The lowest BCUT2D eigenvalue weighted by atomic mass is 9.78. The number of ether oxygens (including phenoxy) is 1. The predicted octanol–water partition coefficient (Wildman–Crippen LogP) is 6.06. The van der Waals surface area contributed by atoms with Crippen molar-refractivity contribution in [2.75, 3.05) is 17.2 Å². The molecule has 0 bridgehead atoms. The third-order valence-corrected chi connectivity index (χ3v) is 6.14. The van der Waals surface area contributed by atoms with E-state index in [0.717, 1.165) is 30.5 Å². The maximum Gasteiger partial charge on any atom is 0.416 e. The molecule has 0 saturated heterocycles. The lowest BCUT2D eigenvalue weighted by Crippen LogP contribution is -2.23. The fraction of sp³-hybridized carbons (Fsp3) is 0.360. The van der Waals surface area contributed by atoms with Gasteiger partial charge >= 0.3 is 30.0 Å². The molecule has 1 aliphatic rings. The molecule has 0 radical (unpaired) electrons. The Hall–Kier alpha value is -3.96. The Kier molecular flexibility index (Phi) is 7.74. The van der Waals surface area contributed by atoms with Gasteiger partial charge in [0.2, 0.25) is 0 Å². The second-order valence-corrected chi connectivity index (χ2v) is 8.61. The molecule has 0 spiro atoms. The van der Waals surface area contributed by atoms with Crippen LogP contribution in [0.2, 0.25) is 0 Å². The molecule has 1 saturated carbocycles. The second kappa shape index (κ2) is 11.0. The molecule has 0 aliphatic heterocycles. The van der Waals surface area contributed by atoms with Crippen LogP contribution in [0.3, 0.4) is 0 Å². The summed E-state index contributed by atoms with van der Waals surface area (Å²) in [6.07, 6.45) is -1.67. The summed E-state index contributed by atoms with van der Waals surface area (Å²) >= 11 is 0. The van der Waals surface area contributed by atoms with Crippen LogP contribution in [-0.2, 0) is 15.7 Å². The summed E-state index contributed by atoms with van der Waals surface area (Å²) in [6, 6.07) is 8.41. The van der Waals surface area contributed by atoms with Crippen molar-refractivity contribution in [1.82, 2.24) is 10.2 Å². The van der Waals surface area contributed by atoms with Crippen molar-refractivity contribution >= 4 is 29.3 Å². The summed E-state index contributed by atoms with van der Waals surface area (Å²) in [5, 5.41) is 12.2. The van der Waals surface area contributed by atoms with Gasteiger partial charge in [-0.3, -0.25) is 9.59 Å². The van der Waals surface area contributed by atoms with Crippen LogP contribution in [0.5, 0.6) is 0 Å². The van der Waals surface area contributed by atoms with Crippen LogP contribution in [0.25, 0.3) is 0 Å². The van der Waals surface area contributed by atoms with E-state index in [1.807, 2.05) is 0 Å². The van der Waals surface area contributed by atoms with E-state index in [2.05, 4.69) is 20.8 Å². The van der Waals surface area contributed by atoms with Gasteiger partial charge in [-0.2, -0.15) is 13.2 Å². The van der Waals surface area contributed by atoms with Crippen LogP contribution in [-0.4, -0.2) is 28.7 Å². The summed E-state index contributed by atoms with van der Waals surface area (Å²) in [5.74, 6) is -2.18. The molecule has 2 N–H and O–H groups in total. The summed E-state index contributed by atoms with van der Waals surface area (Å²) in [6.45, 7) is 2.11. The van der Waals surface area contributed by atoms with E-state index in [-0.39, 0.29) is 35.2 Å². The maximum absolute atomic E-state index is 14.7. The number of halogens is 4. The molecule has 4 rings (SSSR count). The van der Waals surface area contributed by atoms with Gasteiger partial charge in [0.15, 0.2) is 0 Å². The van der Waals surface area contributed by atoms with Crippen molar-refractivity contribution in [1.29, 1.82) is 0 Å². The molecule has 1 heterocycles. The molecule has 1 aliphatic carbocycles. The Bertz CT molecular complexity index is 1250. The first-order chi connectivity index (χ1) is 17.6. The zero-order chi connectivity index (χ0) is 26.6. The molecule has 196 valence electrons. The van der Waals surface area contributed by atoms with Crippen LogP contribution in [0.1, 0.15) is 60.3 Å². The molecule has 12 heteroatoms. The predicted molar refractivity (Wildman–Crippen MR) is 125 cm³/mol. The first kappa shape index (κ1) is 26.1. The summed E-state index contributed by atoms with van der Waals surface area (Å²) in [7, 11) is 0. The van der Waals surface area contributed by atoms with Crippen molar-refractivity contribution in [3.63, 3.8) is 0 Å². The van der Waals surface area contributed by atoms with Crippen LogP contribution >= 0.6 is 0 Å². The third kappa shape index (κ3) is 6.43. The van der Waals surface area contributed by atoms with E-state index in [1.165, 1.54) is 24.3 Å². The highest BCUT2D eigenvalue weighted by Crippen LogP contribution is 2.37. The molecule has 37 heavy (non-hydrogen) atoms. The number of nitrogens with one attached hydrogen (secondary N) is 2. The lowest BCUT2D eigenvalue weighted by Gasteiger charge is -2.27. The van der Waals surface area contributed by atoms with Gasteiger partial charge in [0, 0.05) is 5.69 Å². The Morgan fingerprint density at radius 3 is 2.38 bits per heavy atom. The fourth-order valence-electron chi connectivity index (χ4n) is 4.22. The van der Waals surface area contributed by atoms with Crippen molar-refractivity contribution < 1.29 is 36.3 Å².